The topological polar surface area (TPSA) is 75.1 Å². The minimum Gasteiger partial charge on any atom is -0.495 e. The van der Waals surface area contributed by atoms with Crippen molar-refractivity contribution in [3.63, 3.8) is 0 Å². The average Bonchev–Trinajstić information content (AvgIpc) is 2.74. The van der Waals surface area contributed by atoms with Gasteiger partial charge in [-0.1, -0.05) is 18.2 Å². The molecule has 7 nitrogen and oxygen atoms in total. The summed E-state index contributed by atoms with van der Waals surface area (Å²) in [7, 11) is 1.69. The number of carbonyl (C=O) groups excluding carboxylic acids is 2. The number of para-hydroxylation sites is 2. The van der Waals surface area contributed by atoms with E-state index in [1.807, 2.05) is 25.1 Å². The van der Waals surface area contributed by atoms with Crippen LogP contribution in [-0.4, -0.2) is 58.2 Å². The Bertz CT molecular complexity index is 847. The molecule has 1 saturated heterocycles. The molecule has 3 rings (SSSR count). The van der Waals surface area contributed by atoms with Crippen molar-refractivity contribution >= 4 is 23.2 Å². The molecule has 0 atom stereocenters. The number of benzene rings is 2. The second kappa shape index (κ2) is 9.93. The van der Waals surface area contributed by atoms with Crippen molar-refractivity contribution in [2.24, 2.45) is 0 Å². The fraction of sp³-hybridized carbons (Fsp3) is 0.364. The normalized spacial score (nSPS) is 14.3. The summed E-state index contributed by atoms with van der Waals surface area (Å²) < 4.78 is 5.46. The highest BCUT2D eigenvalue weighted by Crippen LogP contribution is 2.27. The summed E-state index contributed by atoms with van der Waals surface area (Å²) in [6.07, 6.45) is 0. The van der Waals surface area contributed by atoms with E-state index in [0.717, 1.165) is 37.6 Å². The molecular formula is C22H29N4O3+. The van der Waals surface area contributed by atoms with Crippen molar-refractivity contribution in [1.82, 2.24) is 5.32 Å². The number of nitrogens with one attached hydrogen (secondary N) is 3. The molecule has 1 aliphatic rings. The first kappa shape index (κ1) is 20.7. The Kier molecular flexibility index (Phi) is 7.08. The first-order chi connectivity index (χ1) is 14.1. The van der Waals surface area contributed by atoms with Crippen molar-refractivity contribution in [2.75, 3.05) is 56.6 Å². The smallest absolute Gasteiger partial charge is 0.279 e. The molecule has 0 radical (unpaired) electrons. The first-order valence-electron chi connectivity index (χ1n) is 10.0. The van der Waals surface area contributed by atoms with Gasteiger partial charge < -0.3 is 25.2 Å². The number of ether oxygens (including phenoxy) is 1. The van der Waals surface area contributed by atoms with Crippen LogP contribution in [0.3, 0.4) is 0 Å². The summed E-state index contributed by atoms with van der Waals surface area (Å²) in [5, 5.41) is 5.68. The van der Waals surface area contributed by atoms with E-state index in [2.05, 4.69) is 21.6 Å². The number of nitrogens with zero attached hydrogens (tertiary/aromatic N) is 1. The van der Waals surface area contributed by atoms with Gasteiger partial charge in [0.25, 0.3) is 11.8 Å². The molecule has 1 heterocycles. The predicted molar refractivity (Wildman–Crippen MR) is 114 cm³/mol. The maximum atomic E-state index is 12.5. The molecule has 2 aromatic rings. The van der Waals surface area contributed by atoms with Crippen LogP contribution in [0, 0.1) is 0 Å². The summed E-state index contributed by atoms with van der Waals surface area (Å²) >= 11 is 0. The van der Waals surface area contributed by atoms with Gasteiger partial charge >= 0.3 is 0 Å². The van der Waals surface area contributed by atoms with Gasteiger partial charge in [0.05, 0.1) is 39.0 Å². The van der Waals surface area contributed by atoms with Crippen LogP contribution in [0.2, 0.25) is 0 Å². The van der Waals surface area contributed by atoms with Gasteiger partial charge in [-0.3, -0.25) is 9.59 Å². The quantitative estimate of drug-likeness (QED) is 0.646. The van der Waals surface area contributed by atoms with Crippen LogP contribution in [0.4, 0.5) is 11.4 Å². The molecule has 0 aliphatic carbocycles. The minimum absolute atomic E-state index is 0.0428. The largest absolute Gasteiger partial charge is 0.495 e. The lowest BCUT2D eigenvalue weighted by Crippen LogP contribution is -3.15. The Morgan fingerprint density at radius 3 is 2.59 bits per heavy atom. The zero-order valence-electron chi connectivity index (χ0n) is 17.0. The standard InChI is InChI=1S/C22H28N4O3/c1-3-23-22(28)17-7-6-8-18(15-17)24-21(27)16-25-11-13-26(14-12-25)19-9-4-5-10-20(19)29-2/h4-10,15H,3,11-14,16H2,1-2H3,(H,23,28)(H,24,27)/p+1. The van der Waals surface area contributed by atoms with Crippen molar-refractivity contribution in [3.05, 3.63) is 54.1 Å². The van der Waals surface area contributed by atoms with Crippen LogP contribution in [0.15, 0.2) is 48.5 Å². The van der Waals surface area contributed by atoms with Crippen molar-refractivity contribution in [3.8, 4) is 5.75 Å². The van der Waals surface area contributed by atoms with Gasteiger partial charge in [0.2, 0.25) is 0 Å². The average molecular weight is 397 g/mol. The molecule has 0 bridgehead atoms. The lowest BCUT2D eigenvalue weighted by Gasteiger charge is -2.34. The third-order valence-electron chi connectivity index (χ3n) is 5.05. The number of anilines is 2. The molecule has 1 aliphatic heterocycles. The molecule has 3 N–H and O–H groups in total. The van der Waals surface area contributed by atoms with Crippen LogP contribution in [0.5, 0.6) is 5.75 Å². The Labute approximate surface area is 171 Å². The Morgan fingerprint density at radius 2 is 1.86 bits per heavy atom. The fourth-order valence-corrected chi connectivity index (χ4v) is 3.56. The monoisotopic (exact) mass is 397 g/mol. The molecule has 1 fully saturated rings. The van der Waals surface area contributed by atoms with Gasteiger partial charge in [0.1, 0.15) is 5.75 Å². The molecule has 0 spiro atoms. The Balaban J connectivity index is 1.51. The number of quaternary nitrogens is 1. The molecule has 0 aromatic heterocycles. The van der Waals surface area contributed by atoms with Gasteiger partial charge in [-0.05, 0) is 37.3 Å². The van der Waals surface area contributed by atoms with Crippen LogP contribution >= 0.6 is 0 Å². The van der Waals surface area contributed by atoms with Gasteiger partial charge in [-0.25, -0.2) is 0 Å². The minimum atomic E-state index is -0.137. The summed E-state index contributed by atoms with van der Waals surface area (Å²) in [6, 6.07) is 15.0. The summed E-state index contributed by atoms with van der Waals surface area (Å²) in [5.41, 5.74) is 2.29. The van der Waals surface area contributed by atoms with E-state index in [0.29, 0.717) is 24.3 Å². The van der Waals surface area contributed by atoms with Crippen molar-refractivity contribution in [2.45, 2.75) is 6.92 Å². The molecule has 29 heavy (non-hydrogen) atoms. The predicted octanol–water partition coefficient (Wildman–Crippen LogP) is 0.789. The van der Waals surface area contributed by atoms with Crippen LogP contribution in [0.1, 0.15) is 17.3 Å². The van der Waals surface area contributed by atoms with E-state index < -0.39 is 0 Å². The lowest BCUT2D eigenvalue weighted by atomic mass is 10.2. The van der Waals surface area contributed by atoms with E-state index >= 15 is 0 Å². The maximum absolute atomic E-state index is 12.5. The maximum Gasteiger partial charge on any atom is 0.279 e. The van der Waals surface area contributed by atoms with Crippen molar-refractivity contribution in [1.29, 1.82) is 0 Å². The number of methoxy groups -OCH3 is 1. The summed E-state index contributed by atoms with van der Waals surface area (Å²) in [5.74, 6) is 0.696. The molecular weight excluding hydrogens is 368 g/mol. The Morgan fingerprint density at radius 1 is 1.10 bits per heavy atom. The number of rotatable bonds is 7. The van der Waals surface area contributed by atoms with E-state index in [-0.39, 0.29) is 11.8 Å². The number of hydrogen-bond donors (Lipinski definition) is 3. The molecule has 154 valence electrons. The molecule has 0 saturated carbocycles. The fourth-order valence-electron chi connectivity index (χ4n) is 3.56. The SMILES string of the molecule is CCNC(=O)c1cccc(NC(=O)C[NH+]2CCN(c3ccccc3OC)CC2)c1. The molecule has 2 amide bonds. The molecule has 2 aromatic carbocycles. The van der Waals surface area contributed by atoms with Crippen LogP contribution < -0.4 is 25.2 Å². The molecule has 7 heteroatoms. The van der Waals surface area contributed by atoms with Crippen molar-refractivity contribution < 1.29 is 19.2 Å². The Hall–Kier alpha value is -3.06. The number of amides is 2. The summed E-state index contributed by atoms with van der Waals surface area (Å²) in [6.45, 7) is 6.35. The zero-order chi connectivity index (χ0) is 20.6. The third kappa shape index (κ3) is 5.48. The van der Waals surface area contributed by atoms with Gasteiger partial charge in [-0.15, -0.1) is 0 Å². The van der Waals surface area contributed by atoms with Gasteiger partial charge in [0.15, 0.2) is 6.54 Å². The lowest BCUT2D eigenvalue weighted by molar-refractivity contribution is -0.892. The van der Waals surface area contributed by atoms with Crippen LogP contribution in [0.25, 0.3) is 0 Å². The summed E-state index contributed by atoms with van der Waals surface area (Å²) in [4.78, 5) is 28.0. The van der Waals surface area contributed by atoms with Crippen LogP contribution in [-0.2, 0) is 4.79 Å². The van der Waals surface area contributed by atoms with Gasteiger partial charge in [-0.2, -0.15) is 0 Å². The first-order valence-corrected chi connectivity index (χ1v) is 10.0. The van der Waals surface area contributed by atoms with E-state index in [1.165, 1.54) is 4.90 Å². The van der Waals surface area contributed by atoms with E-state index in [1.54, 1.807) is 31.4 Å². The zero-order valence-corrected chi connectivity index (χ0v) is 17.0. The number of hydrogen-bond acceptors (Lipinski definition) is 4. The second-order valence-electron chi connectivity index (χ2n) is 7.07. The number of piperazine rings is 1. The van der Waals surface area contributed by atoms with E-state index in [9.17, 15) is 9.59 Å². The number of carbonyl (C=O) groups is 2. The molecule has 0 unspecified atom stereocenters. The second-order valence-corrected chi connectivity index (χ2v) is 7.07. The van der Waals surface area contributed by atoms with Gasteiger partial charge in [0, 0.05) is 17.8 Å². The highest BCUT2D eigenvalue weighted by molar-refractivity contribution is 5.97. The third-order valence-corrected chi connectivity index (χ3v) is 5.05. The highest BCUT2D eigenvalue weighted by atomic mass is 16.5. The van der Waals surface area contributed by atoms with E-state index in [4.69, 9.17) is 4.74 Å². The highest BCUT2D eigenvalue weighted by Gasteiger charge is 2.24.